The van der Waals surface area contributed by atoms with Crippen molar-refractivity contribution in [2.75, 3.05) is 6.61 Å². The third-order valence-electron chi connectivity index (χ3n) is 5.72. The molecule has 3 amide bonds. The summed E-state index contributed by atoms with van der Waals surface area (Å²) in [7, 11) is -4.99. The maximum absolute atomic E-state index is 13.0. The number of nitrogens with one attached hydrogen (secondary N) is 2. The summed E-state index contributed by atoms with van der Waals surface area (Å²) in [6, 6.07) is 3.56. The first-order valence-electron chi connectivity index (χ1n) is 11.5. The molecule has 1 aliphatic rings. The normalized spacial score (nSPS) is 19.7. The van der Waals surface area contributed by atoms with Gasteiger partial charge in [0.25, 0.3) is 10.1 Å². The van der Waals surface area contributed by atoms with Crippen LogP contribution >= 0.6 is 11.6 Å². The van der Waals surface area contributed by atoms with Crippen molar-refractivity contribution in [3.63, 3.8) is 0 Å². The molecule has 0 bridgehead atoms. The van der Waals surface area contributed by atoms with Crippen LogP contribution in [0.4, 0.5) is 4.79 Å². The van der Waals surface area contributed by atoms with E-state index in [0.717, 1.165) is 0 Å². The lowest BCUT2D eigenvalue weighted by Crippen LogP contribution is -2.55. The van der Waals surface area contributed by atoms with Gasteiger partial charge in [0.05, 0.1) is 6.04 Å². The standard InChI is InChI=1S/C23H32ClN3O9S/c1-13(2)9-17(27-22(31)36-12-23(3,32)15-5-4-6-16(24)11-15)20(29)26-18(21(30)37(33,34)35)10-14-7-8-25-19(14)28/h4-6,8,11,13-14,17-18,21,30,32H,7,9-10,12H2,1-3H3,(H,26,29)(H,27,31)(H,33,34,35)/t14-,17-,18-,21+,23+/m0/s1. The summed E-state index contributed by atoms with van der Waals surface area (Å²) in [5, 5.41) is 25.9. The number of halogens is 1. The van der Waals surface area contributed by atoms with E-state index in [9.17, 15) is 37.6 Å². The molecule has 12 nitrogen and oxygen atoms in total. The van der Waals surface area contributed by atoms with E-state index in [0.29, 0.717) is 10.6 Å². The molecule has 0 unspecified atom stereocenters. The zero-order valence-electron chi connectivity index (χ0n) is 20.6. The van der Waals surface area contributed by atoms with Gasteiger partial charge < -0.3 is 25.6 Å². The molecule has 0 fully saturated rings. The number of aliphatic imine (C=N–C) groups is 1. The second kappa shape index (κ2) is 12.8. The lowest BCUT2D eigenvalue weighted by molar-refractivity contribution is -0.126. The van der Waals surface area contributed by atoms with Gasteiger partial charge in [-0.05, 0) is 49.8 Å². The fraction of sp³-hybridized carbons (Fsp3) is 0.565. The number of nitrogens with zero attached hydrogens (tertiary/aromatic N) is 1. The molecule has 0 saturated carbocycles. The van der Waals surface area contributed by atoms with Crippen molar-refractivity contribution in [1.29, 1.82) is 0 Å². The first kappa shape index (κ1) is 30.6. The first-order chi connectivity index (χ1) is 17.1. The Balaban J connectivity index is 2.10. The number of benzene rings is 1. The molecule has 37 heavy (non-hydrogen) atoms. The average Bonchev–Trinajstić information content (AvgIpc) is 3.19. The summed E-state index contributed by atoms with van der Waals surface area (Å²) < 4.78 is 37.6. The molecule has 1 aromatic rings. The molecular formula is C23H32ClN3O9S. The predicted octanol–water partition coefficient (Wildman–Crippen LogP) is 1.39. The van der Waals surface area contributed by atoms with Gasteiger partial charge in [0, 0.05) is 17.2 Å². The summed E-state index contributed by atoms with van der Waals surface area (Å²) in [6.07, 6.45) is 0.270. The van der Waals surface area contributed by atoms with Crippen molar-refractivity contribution in [3.8, 4) is 0 Å². The Kier molecular flexibility index (Phi) is 10.6. The van der Waals surface area contributed by atoms with E-state index in [1.807, 2.05) is 0 Å². The SMILES string of the molecule is CC(C)C[C@H](NC(=O)OC[C@@](C)(O)c1cccc(Cl)c1)C(=O)N[C@@H](C[C@@H]1CC=NC1=O)[C@H](O)S(=O)(=O)O. The van der Waals surface area contributed by atoms with Crippen LogP contribution in [-0.4, -0.2) is 71.4 Å². The molecule has 0 radical (unpaired) electrons. The number of aliphatic hydroxyl groups excluding tert-OH is 1. The molecule has 0 aliphatic carbocycles. The Bertz CT molecular complexity index is 1120. The summed E-state index contributed by atoms with van der Waals surface area (Å²) in [5.41, 5.74) is -3.60. The van der Waals surface area contributed by atoms with E-state index in [1.165, 1.54) is 19.2 Å². The number of alkyl carbamates (subject to hydrolysis) is 1. The Labute approximate surface area is 220 Å². The summed E-state index contributed by atoms with van der Waals surface area (Å²) >= 11 is 5.95. The Hall–Kier alpha value is -2.58. The fourth-order valence-corrected chi connectivity index (χ4v) is 4.50. The van der Waals surface area contributed by atoms with Crippen LogP contribution in [0, 0.1) is 11.8 Å². The summed E-state index contributed by atoms with van der Waals surface area (Å²) in [4.78, 5) is 41.0. The first-order valence-corrected chi connectivity index (χ1v) is 13.4. The average molecular weight is 562 g/mol. The van der Waals surface area contributed by atoms with Gasteiger partial charge in [0.1, 0.15) is 18.2 Å². The second-order valence-corrected chi connectivity index (χ2v) is 11.5. The molecule has 206 valence electrons. The number of hydrogen-bond donors (Lipinski definition) is 5. The molecule has 0 aromatic heterocycles. The highest BCUT2D eigenvalue weighted by atomic mass is 35.5. The van der Waals surface area contributed by atoms with Gasteiger partial charge in [-0.15, -0.1) is 0 Å². The van der Waals surface area contributed by atoms with Gasteiger partial charge >= 0.3 is 6.09 Å². The van der Waals surface area contributed by atoms with Gasteiger partial charge in [0.15, 0.2) is 0 Å². The summed E-state index contributed by atoms with van der Waals surface area (Å²) in [5.74, 6) is -2.32. The van der Waals surface area contributed by atoms with E-state index in [4.69, 9.17) is 16.3 Å². The van der Waals surface area contributed by atoms with E-state index in [-0.39, 0.29) is 25.2 Å². The van der Waals surface area contributed by atoms with Crippen molar-refractivity contribution < 1.29 is 42.3 Å². The van der Waals surface area contributed by atoms with Crippen LogP contribution in [0.25, 0.3) is 0 Å². The van der Waals surface area contributed by atoms with Gasteiger partial charge in [-0.25, -0.2) is 9.79 Å². The van der Waals surface area contributed by atoms with Crippen molar-refractivity contribution in [2.24, 2.45) is 16.8 Å². The molecule has 14 heteroatoms. The third-order valence-corrected chi connectivity index (χ3v) is 6.89. The van der Waals surface area contributed by atoms with E-state index >= 15 is 0 Å². The smallest absolute Gasteiger partial charge is 0.407 e. The molecular weight excluding hydrogens is 530 g/mol. The van der Waals surface area contributed by atoms with Crippen molar-refractivity contribution in [1.82, 2.24) is 10.6 Å². The molecule has 5 N–H and O–H groups in total. The Morgan fingerprint density at radius 1 is 1.30 bits per heavy atom. The maximum Gasteiger partial charge on any atom is 0.407 e. The fourth-order valence-electron chi connectivity index (χ4n) is 3.72. The van der Waals surface area contributed by atoms with Crippen LogP contribution in [0.3, 0.4) is 0 Å². The van der Waals surface area contributed by atoms with Gasteiger partial charge in [0.2, 0.25) is 17.3 Å². The zero-order chi connectivity index (χ0) is 28.0. The number of hydrogen-bond acceptors (Lipinski definition) is 8. The van der Waals surface area contributed by atoms with Crippen LogP contribution in [0.5, 0.6) is 0 Å². The Morgan fingerprint density at radius 3 is 2.51 bits per heavy atom. The minimum absolute atomic E-state index is 0.103. The Morgan fingerprint density at radius 2 is 1.97 bits per heavy atom. The third kappa shape index (κ3) is 9.34. The van der Waals surface area contributed by atoms with Crippen molar-refractivity contribution in [2.45, 2.75) is 63.2 Å². The number of ether oxygens (including phenoxy) is 1. The lowest BCUT2D eigenvalue weighted by atomic mass is 9.97. The predicted molar refractivity (Wildman–Crippen MR) is 134 cm³/mol. The molecule has 1 aromatic carbocycles. The van der Waals surface area contributed by atoms with Crippen molar-refractivity contribution in [3.05, 3.63) is 34.9 Å². The molecule has 2 rings (SSSR count). The van der Waals surface area contributed by atoms with E-state index in [1.54, 1.807) is 32.0 Å². The van der Waals surface area contributed by atoms with Gasteiger partial charge in [-0.2, -0.15) is 8.42 Å². The number of amides is 3. The largest absolute Gasteiger partial charge is 0.446 e. The second-order valence-electron chi connectivity index (χ2n) is 9.53. The number of carbonyl (C=O) groups excluding carboxylic acids is 3. The van der Waals surface area contributed by atoms with Crippen LogP contribution < -0.4 is 10.6 Å². The van der Waals surface area contributed by atoms with E-state index < -0.39 is 63.7 Å². The molecule has 0 saturated heterocycles. The van der Waals surface area contributed by atoms with Crippen LogP contribution in [0.1, 0.15) is 45.6 Å². The van der Waals surface area contributed by atoms with Crippen molar-refractivity contribution >= 4 is 45.8 Å². The quantitative estimate of drug-likeness (QED) is 0.234. The summed E-state index contributed by atoms with van der Waals surface area (Å²) in [6.45, 7) is 4.50. The number of rotatable bonds is 12. The highest BCUT2D eigenvalue weighted by Crippen LogP contribution is 2.24. The zero-order valence-corrected chi connectivity index (χ0v) is 22.2. The van der Waals surface area contributed by atoms with Crippen LogP contribution in [0.2, 0.25) is 5.02 Å². The highest BCUT2D eigenvalue weighted by Gasteiger charge is 2.37. The monoisotopic (exact) mass is 561 g/mol. The highest BCUT2D eigenvalue weighted by molar-refractivity contribution is 7.86. The van der Waals surface area contributed by atoms with Crippen LogP contribution in [0.15, 0.2) is 29.3 Å². The number of carbonyl (C=O) groups is 3. The topological polar surface area (TPSA) is 192 Å². The maximum atomic E-state index is 13.0. The minimum atomic E-state index is -4.99. The molecule has 1 aliphatic heterocycles. The van der Waals surface area contributed by atoms with Gasteiger partial charge in [-0.1, -0.05) is 37.6 Å². The molecule has 1 heterocycles. The van der Waals surface area contributed by atoms with Crippen LogP contribution in [-0.2, 0) is 30.0 Å². The molecule has 0 spiro atoms. The van der Waals surface area contributed by atoms with E-state index in [2.05, 4.69) is 15.6 Å². The van der Waals surface area contributed by atoms with Gasteiger partial charge in [-0.3, -0.25) is 14.1 Å². The minimum Gasteiger partial charge on any atom is -0.446 e. The lowest BCUT2D eigenvalue weighted by Gasteiger charge is -2.28. The molecule has 5 atom stereocenters. The number of aliphatic hydroxyl groups is 2.